The molecule has 4 heterocycles. The number of hydrogen-bond acceptors (Lipinski definition) is 13. The van der Waals surface area contributed by atoms with E-state index < -0.39 is 48.5 Å². The number of esters is 1. The molecule has 0 bridgehead atoms. The zero-order chi connectivity index (χ0) is 41.8. The van der Waals surface area contributed by atoms with Crippen LogP contribution in [-0.2, 0) is 36.9 Å². The highest BCUT2D eigenvalue weighted by molar-refractivity contribution is 6.11. The molecule has 4 atom stereocenters. The lowest BCUT2D eigenvalue weighted by Crippen LogP contribution is -2.52. The molecule has 0 amide bonds. The number of hydrogen-bond donors (Lipinski definition) is 5. The highest BCUT2D eigenvalue weighted by Crippen LogP contribution is 2.57. The van der Waals surface area contributed by atoms with Crippen molar-refractivity contribution in [3.63, 3.8) is 0 Å². The fourth-order valence-electron chi connectivity index (χ4n) is 9.41. The van der Waals surface area contributed by atoms with E-state index in [1.54, 1.807) is 21.0 Å². The van der Waals surface area contributed by atoms with Gasteiger partial charge in [-0.15, -0.1) is 0 Å². The number of carbonyl (C=O) groups excluding carboxylic acids is 3. The SMILES string of the molecule is CCOC(=O)C1=C(C=O)/C(=C2\C[C@H](CO)C(=O)[C@@H](c3ccc4[nH]ccc4c3)C2)c2c(OCCCO)c3c(c(CO)c2O1)O[C@H]([C@](C)(O)C1CCN(CCCOC)CC1)C3. The summed E-state index contributed by atoms with van der Waals surface area (Å²) in [6.45, 7) is 5.47. The maximum absolute atomic E-state index is 14.0. The molecule has 4 aliphatic rings. The number of aromatic amines is 1. The highest BCUT2D eigenvalue weighted by atomic mass is 16.6. The Kier molecular flexibility index (Phi) is 13.2. The Morgan fingerprint density at radius 3 is 2.56 bits per heavy atom. The van der Waals surface area contributed by atoms with Crippen LogP contribution in [0, 0.1) is 11.8 Å². The Hall–Kier alpha value is -4.57. The van der Waals surface area contributed by atoms with E-state index in [9.17, 15) is 34.8 Å². The van der Waals surface area contributed by atoms with Gasteiger partial charge in [0.2, 0.25) is 5.76 Å². The summed E-state index contributed by atoms with van der Waals surface area (Å²) in [4.78, 5) is 46.6. The first-order chi connectivity index (χ1) is 28.6. The quantitative estimate of drug-likeness (QED) is 0.0787. The minimum atomic E-state index is -1.30. The Bertz CT molecular complexity index is 2110. The van der Waals surface area contributed by atoms with Gasteiger partial charge in [-0.1, -0.05) is 11.6 Å². The summed E-state index contributed by atoms with van der Waals surface area (Å²) in [5.41, 5.74) is 2.13. The molecule has 1 saturated carbocycles. The van der Waals surface area contributed by atoms with Gasteiger partial charge in [-0.05, 0) is 94.1 Å². The molecule has 59 heavy (non-hydrogen) atoms. The van der Waals surface area contributed by atoms with Crippen molar-refractivity contribution in [2.45, 2.75) is 83.0 Å². The first-order valence-electron chi connectivity index (χ1n) is 20.7. The maximum atomic E-state index is 14.0. The van der Waals surface area contributed by atoms with Gasteiger partial charge in [0, 0.05) is 74.4 Å². The van der Waals surface area contributed by atoms with Gasteiger partial charge in [-0.2, -0.15) is 0 Å². The molecule has 318 valence electrons. The van der Waals surface area contributed by atoms with E-state index in [4.69, 9.17) is 23.7 Å². The largest absolute Gasteiger partial charge is 0.492 e. The van der Waals surface area contributed by atoms with Gasteiger partial charge in [0.05, 0.1) is 43.1 Å². The average Bonchev–Trinajstić information content (AvgIpc) is 3.92. The number of allylic oxidation sites excluding steroid dienone is 3. The van der Waals surface area contributed by atoms with Crippen LogP contribution in [0.1, 0.15) is 80.5 Å². The van der Waals surface area contributed by atoms with E-state index in [-0.39, 0.29) is 96.7 Å². The summed E-state index contributed by atoms with van der Waals surface area (Å²) in [7, 11) is 1.69. The monoisotopic (exact) mass is 816 g/mol. The minimum absolute atomic E-state index is 0.0140. The number of nitrogens with zero attached hydrogens (tertiary/aromatic N) is 1. The molecule has 14 nitrogen and oxygen atoms in total. The lowest BCUT2D eigenvalue weighted by molar-refractivity contribution is -0.141. The number of Topliss-reactive ketones (excluding diaryl/α,β-unsaturated/α-hetero) is 1. The number of aromatic nitrogens is 1. The predicted octanol–water partition coefficient (Wildman–Crippen LogP) is 4.14. The van der Waals surface area contributed by atoms with Crippen molar-refractivity contribution in [2.75, 3.05) is 59.8 Å². The third-order valence-corrected chi connectivity index (χ3v) is 12.6. The molecule has 1 aliphatic carbocycles. The van der Waals surface area contributed by atoms with Crippen LogP contribution in [0.15, 0.2) is 47.4 Å². The number of ether oxygens (including phenoxy) is 5. The highest BCUT2D eigenvalue weighted by Gasteiger charge is 2.49. The first-order valence-corrected chi connectivity index (χ1v) is 20.7. The number of ketones is 1. The Balaban J connectivity index is 1.37. The number of fused-ring (bicyclic) bond motifs is 3. The van der Waals surface area contributed by atoms with Crippen LogP contribution in [0.25, 0.3) is 16.5 Å². The van der Waals surface area contributed by atoms with Crippen molar-refractivity contribution in [2.24, 2.45) is 11.8 Å². The number of likely N-dealkylation sites (tertiary alicyclic amines) is 1. The van der Waals surface area contributed by atoms with Crippen LogP contribution in [0.3, 0.4) is 0 Å². The molecule has 7 rings (SSSR count). The van der Waals surface area contributed by atoms with Crippen LogP contribution in [0.4, 0.5) is 0 Å². The fraction of sp³-hybridized carbons (Fsp3) is 0.533. The molecule has 1 saturated heterocycles. The van der Waals surface area contributed by atoms with Gasteiger partial charge in [-0.25, -0.2) is 4.79 Å². The maximum Gasteiger partial charge on any atom is 0.375 e. The van der Waals surface area contributed by atoms with E-state index >= 15 is 0 Å². The van der Waals surface area contributed by atoms with E-state index in [0.717, 1.165) is 55.4 Å². The van der Waals surface area contributed by atoms with Crippen molar-refractivity contribution in [3.8, 4) is 17.2 Å². The number of carbonyl (C=O) groups is 3. The fourth-order valence-corrected chi connectivity index (χ4v) is 9.41. The number of methoxy groups -OCH3 is 1. The minimum Gasteiger partial charge on any atom is -0.492 e. The summed E-state index contributed by atoms with van der Waals surface area (Å²) >= 11 is 0. The molecule has 2 fully saturated rings. The third-order valence-electron chi connectivity index (χ3n) is 12.6. The first kappa shape index (κ1) is 42.6. The van der Waals surface area contributed by atoms with Crippen molar-refractivity contribution in [3.05, 3.63) is 69.6 Å². The summed E-state index contributed by atoms with van der Waals surface area (Å²) in [5.74, 6) is -2.54. The van der Waals surface area contributed by atoms with Crippen LogP contribution < -0.4 is 14.2 Å². The van der Waals surface area contributed by atoms with Crippen molar-refractivity contribution < 1.29 is 58.5 Å². The standard InChI is InChI=1S/C45H56N2O12/c1-4-56-44(53)43-33(24-50)37(28-20-29(23-49)39(52)31(21-28)26-7-8-35-27(19-26)9-12-46-35)38-41(57-18-6-16-48)32-22-36(58-40(32)34(25-51)42(38)59-43)45(2,54)30-10-14-47(15-11-30)13-5-17-55-3/h7-9,12,19,24,29-31,36,46,48-49,51,54H,4-6,10-11,13-18,20-23,25H2,1-3H3/b37-28-/t29-,31-,36+,45-/m1/s1. The van der Waals surface area contributed by atoms with Crippen molar-refractivity contribution in [1.29, 1.82) is 0 Å². The number of aliphatic hydroxyl groups is 4. The lowest BCUT2D eigenvalue weighted by Gasteiger charge is -2.42. The van der Waals surface area contributed by atoms with Gasteiger partial charge in [0.15, 0.2) is 6.29 Å². The summed E-state index contributed by atoms with van der Waals surface area (Å²) in [6.07, 6.45) is 4.67. The van der Waals surface area contributed by atoms with Gasteiger partial charge >= 0.3 is 5.97 Å². The summed E-state index contributed by atoms with van der Waals surface area (Å²) in [6, 6.07) is 7.62. The summed E-state index contributed by atoms with van der Waals surface area (Å²) in [5, 5.41) is 44.8. The summed E-state index contributed by atoms with van der Waals surface area (Å²) < 4.78 is 30.1. The van der Waals surface area contributed by atoms with Gasteiger partial charge in [-0.3, -0.25) is 9.59 Å². The number of rotatable bonds is 16. The van der Waals surface area contributed by atoms with Crippen molar-refractivity contribution in [1.82, 2.24) is 9.88 Å². The van der Waals surface area contributed by atoms with Gasteiger partial charge in [0.1, 0.15) is 34.7 Å². The number of nitrogens with one attached hydrogen (secondary N) is 1. The van der Waals surface area contributed by atoms with Crippen LogP contribution in [0.2, 0.25) is 0 Å². The van der Waals surface area contributed by atoms with E-state index in [0.29, 0.717) is 24.0 Å². The second-order valence-electron chi connectivity index (χ2n) is 16.1. The smallest absolute Gasteiger partial charge is 0.375 e. The molecule has 0 radical (unpaired) electrons. The van der Waals surface area contributed by atoms with Gasteiger partial charge < -0.3 is 54.0 Å². The molecule has 5 N–H and O–H groups in total. The topological polar surface area (TPSA) is 197 Å². The lowest BCUT2D eigenvalue weighted by atomic mass is 9.71. The van der Waals surface area contributed by atoms with Crippen LogP contribution >= 0.6 is 0 Å². The zero-order valence-electron chi connectivity index (χ0n) is 34.1. The van der Waals surface area contributed by atoms with E-state index in [1.165, 1.54) is 0 Å². The molecule has 3 aromatic rings. The normalized spacial score (nSPS) is 23.4. The molecule has 14 heteroatoms. The third kappa shape index (κ3) is 8.18. The average molecular weight is 817 g/mol. The Morgan fingerprint density at radius 1 is 1.07 bits per heavy atom. The molecule has 2 aromatic carbocycles. The number of aldehydes is 1. The van der Waals surface area contributed by atoms with E-state index in [2.05, 4.69) is 9.88 Å². The molecular weight excluding hydrogens is 760 g/mol. The Labute approximate surface area is 343 Å². The van der Waals surface area contributed by atoms with Crippen LogP contribution in [0.5, 0.6) is 17.2 Å². The number of aliphatic hydroxyl groups excluding tert-OH is 3. The molecule has 3 aliphatic heterocycles. The van der Waals surface area contributed by atoms with Crippen molar-refractivity contribution >= 4 is 34.5 Å². The molecular formula is C45H56N2O12. The zero-order valence-corrected chi connectivity index (χ0v) is 34.1. The number of piperidine rings is 1. The molecule has 0 unspecified atom stereocenters. The molecule has 0 spiro atoms. The second kappa shape index (κ2) is 18.4. The number of H-pyrrole nitrogens is 1. The second-order valence-corrected chi connectivity index (χ2v) is 16.1. The van der Waals surface area contributed by atoms with E-state index in [1.807, 2.05) is 30.5 Å². The number of benzene rings is 2. The molecule has 1 aromatic heterocycles. The van der Waals surface area contributed by atoms with Crippen LogP contribution in [-0.4, -0.2) is 120 Å². The predicted molar refractivity (Wildman–Crippen MR) is 217 cm³/mol. The Morgan fingerprint density at radius 2 is 1.86 bits per heavy atom. The van der Waals surface area contributed by atoms with Gasteiger partial charge in [0.25, 0.3) is 0 Å².